The lowest BCUT2D eigenvalue weighted by molar-refractivity contribution is -0.170. The molecule has 0 spiro atoms. The van der Waals surface area contributed by atoms with Crippen LogP contribution < -0.4 is 5.32 Å². The summed E-state index contributed by atoms with van der Waals surface area (Å²) in [5.41, 5.74) is 0. The minimum absolute atomic E-state index is 0.0664. The Hall–Kier alpha value is -0.770. The highest BCUT2D eigenvalue weighted by Gasteiger charge is 2.39. The minimum atomic E-state index is 0.0664. The first-order valence-electron chi connectivity index (χ1n) is 5.33. The first-order valence-corrected chi connectivity index (χ1v) is 5.33. The van der Waals surface area contributed by atoms with Gasteiger partial charge in [0.05, 0.1) is 12.2 Å². The molecule has 3 aliphatic rings. The molecule has 0 aliphatic carbocycles. The summed E-state index contributed by atoms with van der Waals surface area (Å²) in [4.78, 5) is 13.5. The van der Waals surface area contributed by atoms with E-state index >= 15 is 0 Å². The van der Waals surface area contributed by atoms with Crippen LogP contribution in [0.2, 0.25) is 0 Å². The number of fused-ring (bicyclic) bond motifs is 2. The molecule has 0 aromatic heterocycles. The van der Waals surface area contributed by atoms with Crippen LogP contribution in [-0.2, 0) is 4.74 Å². The maximum atomic E-state index is 11.6. The number of morpholine rings is 1. The van der Waals surface area contributed by atoms with Crippen molar-refractivity contribution in [2.24, 2.45) is 5.92 Å². The standard InChI is InChI=1S/C10H18N2O2/c1-7(2)4-11-10(13)12-5-8-3-9(6-12)14-8/h7-9H,3-6H2,1-2H3,(H,11,13). The Morgan fingerprint density at radius 2 is 2.07 bits per heavy atom. The highest BCUT2D eigenvalue weighted by molar-refractivity contribution is 5.74. The van der Waals surface area contributed by atoms with Gasteiger partial charge in [0.1, 0.15) is 0 Å². The lowest BCUT2D eigenvalue weighted by Gasteiger charge is -2.46. The molecule has 14 heavy (non-hydrogen) atoms. The van der Waals surface area contributed by atoms with Crippen molar-refractivity contribution in [1.29, 1.82) is 0 Å². The Kier molecular flexibility index (Phi) is 2.63. The number of amides is 2. The van der Waals surface area contributed by atoms with Crippen LogP contribution in [0.4, 0.5) is 4.79 Å². The van der Waals surface area contributed by atoms with Crippen molar-refractivity contribution in [1.82, 2.24) is 10.2 Å². The average Bonchev–Trinajstić information content (AvgIpc) is 2.13. The second kappa shape index (κ2) is 3.77. The summed E-state index contributed by atoms with van der Waals surface area (Å²) in [7, 11) is 0. The number of carbonyl (C=O) groups is 1. The van der Waals surface area contributed by atoms with Crippen LogP contribution >= 0.6 is 0 Å². The fourth-order valence-electron chi connectivity index (χ4n) is 1.92. The zero-order valence-electron chi connectivity index (χ0n) is 8.82. The molecule has 1 N–H and O–H groups in total. The van der Waals surface area contributed by atoms with E-state index in [0.717, 1.165) is 26.1 Å². The largest absolute Gasteiger partial charge is 0.371 e. The molecule has 4 nitrogen and oxygen atoms in total. The van der Waals surface area contributed by atoms with Gasteiger partial charge in [-0.25, -0.2) is 4.79 Å². The van der Waals surface area contributed by atoms with Crippen molar-refractivity contribution in [3.8, 4) is 0 Å². The maximum absolute atomic E-state index is 11.6. The SMILES string of the molecule is CC(C)CNC(=O)N1CC2CC(C1)O2. The van der Waals surface area contributed by atoms with Gasteiger partial charge in [0.25, 0.3) is 0 Å². The summed E-state index contributed by atoms with van der Waals surface area (Å²) in [6.45, 7) is 6.47. The van der Waals surface area contributed by atoms with Crippen molar-refractivity contribution in [2.45, 2.75) is 32.5 Å². The molecule has 0 saturated carbocycles. The second-order valence-corrected chi connectivity index (χ2v) is 4.60. The van der Waals surface area contributed by atoms with Crippen LogP contribution in [0.25, 0.3) is 0 Å². The summed E-state index contributed by atoms with van der Waals surface area (Å²) >= 11 is 0. The van der Waals surface area contributed by atoms with Crippen LogP contribution in [0.1, 0.15) is 20.3 Å². The predicted octanol–water partition coefficient (Wildman–Crippen LogP) is 0.825. The number of nitrogens with zero attached hydrogens (tertiary/aromatic N) is 1. The van der Waals surface area contributed by atoms with Gasteiger partial charge in [-0.05, 0) is 5.92 Å². The van der Waals surface area contributed by atoms with E-state index in [-0.39, 0.29) is 6.03 Å². The highest BCUT2D eigenvalue weighted by Crippen LogP contribution is 2.27. The highest BCUT2D eigenvalue weighted by atomic mass is 16.5. The normalized spacial score (nSPS) is 30.1. The third-order valence-electron chi connectivity index (χ3n) is 2.71. The number of urea groups is 1. The maximum Gasteiger partial charge on any atom is 0.317 e. The number of rotatable bonds is 2. The van der Waals surface area contributed by atoms with Crippen LogP contribution in [0, 0.1) is 5.92 Å². The summed E-state index contributed by atoms with van der Waals surface area (Å²) in [6, 6.07) is 0.0664. The second-order valence-electron chi connectivity index (χ2n) is 4.60. The zero-order chi connectivity index (χ0) is 10.1. The van der Waals surface area contributed by atoms with Gasteiger partial charge < -0.3 is 15.0 Å². The molecule has 0 radical (unpaired) electrons. The van der Waals surface area contributed by atoms with Crippen molar-refractivity contribution in [3.63, 3.8) is 0 Å². The molecular weight excluding hydrogens is 180 g/mol. The van der Waals surface area contributed by atoms with Gasteiger partial charge in [0.15, 0.2) is 0 Å². The van der Waals surface area contributed by atoms with E-state index in [0.29, 0.717) is 18.1 Å². The number of ether oxygens (including phenoxy) is 1. The van der Waals surface area contributed by atoms with Crippen molar-refractivity contribution >= 4 is 6.03 Å². The van der Waals surface area contributed by atoms with E-state index in [2.05, 4.69) is 19.2 Å². The number of nitrogens with one attached hydrogen (secondary N) is 1. The van der Waals surface area contributed by atoms with E-state index < -0.39 is 0 Å². The Morgan fingerprint density at radius 1 is 1.50 bits per heavy atom. The third-order valence-corrected chi connectivity index (χ3v) is 2.71. The van der Waals surface area contributed by atoms with E-state index in [1.165, 1.54) is 0 Å². The predicted molar refractivity (Wildman–Crippen MR) is 53.1 cm³/mol. The van der Waals surface area contributed by atoms with Gasteiger partial charge in [-0.15, -0.1) is 0 Å². The Balaban J connectivity index is 1.75. The van der Waals surface area contributed by atoms with Gasteiger partial charge in [-0.3, -0.25) is 0 Å². The van der Waals surface area contributed by atoms with Crippen LogP contribution in [0.5, 0.6) is 0 Å². The minimum Gasteiger partial charge on any atom is -0.371 e. The molecular formula is C10H18N2O2. The number of hydrogen-bond donors (Lipinski definition) is 1. The summed E-state index contributed by atoms with van der Waals surface area (Å²) in [5, 5.41) is 2.92. The molecule has 3 saturated heterocycles. The van der Waals surface area contributed by atoms with Gasteiger partial charge in [0.2, 0.25) is 0 Å². The van der Waals surface area contributed by atoms with E-state index in [4.69, 9.17) is 4.74 Å². The molecule has 4 heteroatoms. The first kappa shape index (κ1) is 9.77. The Bertz CT molecular complexity index is 214. The van der Waals surface area contributed by atoms with Gasteiger partial charge in [0, 0.05) is 26.1 Å². The molecule has 2 amide bonds. The number of piperidine rings is 1. The first-order chi connectivity index (χ1) is 6.65. The molecule has 80 valence electrons. The van der Waals surface area contributed by atoms with Crippen LogP contribution in [0.3, 0.4) is 0 Å². The Labute approximate surface area is 84.6 Å². The number of hydrogen-bond acceptors (Lipinski definition) is 2. The summed E-state index contributed by atoms with van der Waals surface area (Å²) in [5.74, 6) is 0.509. The molecule has 0 aromatic carbocycles. The fraction of sp³-hybridized carbons (Fsp3) is 0.900. The molecule has 3 aliphatic heterocycles. The molecule has 0 aromatic rings. The number of carbonyl (C=O) groups excluding carboxylic acids is 1. The summed E-state index contributed by atoms with van der Waals surface area (Å²) < 4.78 is 5.46. The third kappa shape index (κ3) is 2.00. The van der Waals surface area contributed by atoms with E-state index in [1.54, 1.807) is 0 Å². The van der Waals surface area contributed by atoms with Crippen LogP contribution in [0.15, 0.2) is 0 Å². The molecule has 3 heterocycles. The van der Waals surface area contributed by atoms with Gasteiger partial charge >= 0.3 is 6.03 Å². The Morgan fingerprint density at radius 3 is 2.57 bits per heavy atom. The van der Waals surface area contributed by atoms with E-state index in [1.807, 2.05) is 4.90 Å². The molecule has 3 rings (SSSR count). The lowest BCUT2D eigenvalue weighted by atomic mass is 9.99. The summed E-state index contributed by atoms with van der Waals surface area (Å²) in [6.07, 6.45) is 1.74. The van der Waals surface area contributed by atoms with Gasteiger partial charge in [-0.1, -0.05) is 13.8 Å². The molecule has 2 bridgehead atoms. The van der Waals surface area contributed by atoms with Crippen molar-refractivity contribution < 1.29 is 9.53 Å². The van der Waals surface area contributed by atoms with Crippen molar-refractivity contribution in [2.75, 3.05) is 19.6 Å². The lowest BCUT2D eigenvalue weighted by Crippen LogP contribution is -2.60. The van der Waals surface area contributed by atoms with Gasteiger partial charge in [-0.2, -0.15) is 0 Å². The van der Waals surface area contributed by atoms with E-state index in [9.17, 15) is 4.79 Å². The average molecular weight is 198 g/mol. The van der Waals surface area contributed by atoms with Crippen molar-refractivity contribution in [3.05, 3.63) is 0 Å². The zero-order valence-corrected chi connectivity index (χ0v) is 8.82. The molecule has 3 fully saturated rings. The van der Waals surface area contributed by atoms with Crippen LogP contribution in [-0.4, -0.2) is 42.8 Å². The molecule has 2 atom stereocenters. The molecule has 2 unspecified atom stereocenters. The smallest absolute Gasteiger partial charge is 0.317 e. The topological polar surface area (TPSA) is 41.6 Å². The fourth-order valence-corrected chi connectivity index (χ4v) is 1.92. The monoisotopic (exact) mass is 198 g/mol. The quantitative estimate of drug-likeness (QED) is 0.714.